The molecular formula is C23H37O7P. The predicted molar refractivity (Wildman–Crippen MR) is 123 cm³/mol. The van der Waals surface area contributed by atoms with E-state index in [4.69, 9.17) is 14.5 Å². The summed E-state index contributed by atoms with van der Waals surface area (Å²) in [7, 11) is -4.64. The first-order valence-corrected chi connectivity index (χ1v) is 12.2. The lowest BCUT2D eigenvalue weighted by Crippen LogP contribution is -2.23. The number of carbonyl (C=O) groups excluding carboxylic acids is 1. The molecule has 31 heavy (non-hydrogen) atoms. The van der Waals surface area contributed by atoms with E-state index in [-0.39, 0.29) is 13.0 Å². The number of carbonyl (C=O) groups is 1. The minimum atomic E-state index is -4.64. The summed E-state index contributed by atoms with van der Waals surface area (Å²) in [5.74, 6) is -0.470. The van der Waals surface area contributed by atoms with Gasteiger partial charge in [0, 0.05) is 6.42 Å². The Bertz CT molecular complexity index is 644. The van der Waals surface area contributed by atoms with Crippen LogP contribution in [0.4, 0.5) is 0 Å². The summed E-state index contributed by atoms with van der Waals surface area (Å²) >= 11 is 0. The molecule has 0 aliphatic carbocycles. The molecule has 0 unspecified atom stereocenters. The van der Waals surface area contributed by atoms with E-state index in [1.165, 1.54) is 0 Å². The fourth-order valence-corrected chi connectivity index (χ4v) is 2.59. The number of unbranched alkanes of at least 4 members (excludes halogenated alkanes) is 1. The van der Waals surface area contributed by atoms with Crippen LogP contribution in [0.25, 0.3) is 0 Å². The van der Waals surface area contributed by atoms with E-state index in [1.807, 2.05) is 12.2 Å². The normalized spacial score (nSPS) is 14.1. The highest BCUT2D eigenvalue weighted by Gasteiger charge is 2.17. The molecule has 0 saturated heterocycles. The highest BCUT2D eigenvalue weighted by atomic mass is 31.2. The molecule has 0 rings (SSSR count). The van der Waals surface area contributed by atoms with Crippen LogP contribution in [0, 0.1) is 0 Å². The van der Waals surface area contributed by atoms with Crippen LogP contribution in [0.3, 0.4) is 0 Å². The van der Waals surface area contributed by atoms with Crippen molar-refractivity contribution in [2.24, 2.45) is 0 Å². The number of esters is 1. The van der Waals surface area contributed by atoms with Crippen LogP contribution in [0.1, 0.15) is 58.3 Å². The van der Waals surface area contributed by atoms with Crippen molar-refractivity contribution in [3.05, 3.63) is 60.8 Å². The van der Waals surface area contributed by atoms with E-state index in [1.54, 1.807) is 0 Å². The van der Waals surface area contributed by atoms with E-state index in [2.05, 4.69) is 60.1 Å². The fourth-order valence-electron chi connectivity index (χ4n) is 2.23. The van der Waals surface area contributed by atoms with Gasteiger partial charge in [0.05, 0.1) is 6.61 Å². The van der Waals surface area contributed by atoms with Gasteiger partial charge in [-0.1, -0.05) is 67.7 Å². The number of allylic oxidation sites excluding steroid dienone is 10. The zero-order valence-corrected chi connectivity index (χ0v) is 19.2. The summed E-state index contributed by atoms with van der Waals surface area (Å²) in [6.45, 7) is 1.17. The highest BCUT2D eigenvalue weighted by molar-refractivity contribution is 7.46. The molecule has 1 atom stereocenters. The number of hydrogen-bond acceptors (Lipinski definition) is 5. The molecule has 0 aromatic rings. The van der Waals surface area contributed by atoms with Crippen molar-refractivity contribution in [3.8, 4) is 0 Å². The van der Waals surface area contributed by atoms with Crippen LogP contribution in [0.15, 0.2) is 60.8 Å². The third-order valence-corrected chi connectivity index (χ3v) is 4.27. The van der Waals surface area contributed by atoms with Crippen molar-refractivity contribution in [3.63, 3.8) is 0 Å². The molecule has 0 amide bonds. The van der Waals surface area contributed by atoms with Crippen molar-refractivity contribution >= 4 is 13.8 Å². The minimum Gasteiger partial charge on any atom is -0.463 e. The Hall–Kier alpha value is -1.76. The Morgan fingerprint density at radius 1 is 0.839 bits per heavy atom. The van der Waals surface area contributed by atoms with Crippen molar-refractivity contribution in [1.82, 2.24) is 0 Å². The zero-order chi connectivity index (χ0) is 23.2. The lowest BCUT2D eigenvalue weighted by atomic mass is 10.2. The molecule has 0 aliphatic heterocycles. The second-order valence-electron chi connectivity index (χ2n) is 6.72. The van der Waals surface area contributed by atoms with E-state index >= 15 is 0 Å². The van der Waals surface area contributed by atoms with E-state index in [9.17, 15) is 14.5 Å². The second kappa shape index (κ2) is 20.2. The first-order chi connectivity index (χ1) is 14.8. The van der Waals surface area contributed by atoms with Crippen LogP contribution in [0.5, 0.6) is 0 Å². The number of rotatable bonds is 18. The third-order valence-electron chi connectivity index (χ3n) is 3.78. The average molecular weight is 457 g/mol. The lowest BCUT2D eigenvalue weighted by molar-refractivity contribution is -0.147. The van der Waals surface area contributed by atoms with Crippen LogP contribution in [-0.4, -0.2) is 40.2 Å². The summed E-state index contributed by atoms with van der Waals surface area (Å²) in [5.41, 5.74) is 0. The molecule has 7 nitrogen and oxygen atoms in total. The van der Waals surface area contributed by atoms with E-state index in [0.717, 1.165) is 38.5 Å². The molecule has 0 spiro atoms. The number of phosphoric ester groups is 1. The Labute approximate surface area is 186 Å². The molecule has 176 valence electrons. The minimum absolute atomic E-state index is 0.209. The zero-order valence-electron chi connectivity index (χ0n) is 18.3. The Morgan fingerprint density at radius 2 is 1.32 bits per heavy atom. The molecule has 0 heterocycles. The topological polar surface area (TPSA) is 113 Å². The maximum atomic E-state index is 11.5. The number of aliphatic hydroxyl groups excluding tert-OH is 1. The maximum Gasteiger partial charge on any atom is 0.469 e. The number of phosphoric acid groups is 1. The van der Waals surface area contributed by atoms with E-state index in [0.29, 0.717) is 6.42 Å². The smallest absolute Gasteiger partial charge is 0.463 e. The van der Waals surface area contributed by atoms with E-state index < -0.39 is 26.5 Å². The molecule has 8 heteroatoms. The molecule has 0 saturated carbocycles. The third kappa shape index (κ3) is 24.4. The van der Waals surface area contributed by atoms with Gasteiger partial charge in [0.15, 0.2) is 0 Å². The van der Waals surface area contributed by atoms with Gasteiger partial charge in [0.1, 0.15) is 12.7 Å². The van der Waals surface area contributed by atoms with Gasteiger partial charge >= 0.3 is 13.8 Å². The highest BCUT2D eigenvalue weighted by Crippen LogP contribution is 2.35. The Kier molecular flexibility index (Phi) is 19.0. The summed E-state index contributed by atoms with van der Waals surface area (Å²) in [6.07, 6.45) is 26.3. The molecule has 0 aliphatic rings. The summed E-state index contributed by atoms with van der Waals surface area (Å²) in [6, 6.07) is 0. The van der Waals surface area contributed by atoms with Gasteiger partial charge in [-0.2, -0.15) is 0 Å². The summed E-state index contributed by atoms with van der Waals surface area (Å²) in [4.78, 5) is 28.6. The van der Waals surface area contributed by atoms with Crippen LogP contribution >= 0.6 is 7.82 Å². The monoisotopic (exact) mass is 456 g/mol. The molecule has 3 N–H and O–H groups in total. The van der Waals surface area contributed by atoms with Crippen LogP contribution < -0.4 is 0 Å². The van der Waals surface area contributed by atoms with Gasteiger partial charge < -0.3 is 19.6 Å². The Balaban J connectivity index is 3.63. The van der Waals surface area contributed by atoms with Crippen LogP contribution in [-0.2, 0) is 18.6 Å². The van der Waals surface area contributed by atoms with Crippen LogP contribution in [0.2, 0.25) is 0 Å². The molecule has 0 fully saturated rings. The van der Waals surface area contributed by atoms with Gasteiger partial charge in [0.2, 0.25) is 0 Å². The number of aliphatic hydroxyl groups is 1. The van der Waals surface area contributed by atoms with Crippen molar-refractivity contribution in [2.45, 2.75) is 64.4 Å². The average Bonchev–Trinajstić information content (AvgIpc) is 2.72. The molecular weight excluding hydrogens is 419 g/mol. The standard InChI is InChI=1S/C23H37O7P/c1-2-3-4-5-6-7-8-9-10-11-12-13-14-15-16-17-18-19-23(25)29-20-22(24)21-30-31(26,27)28/h3-4,6-7,9-10,12-13,15-16,22,24H,2,5,8,11,14,17-21H2,1H3,(H2,26,27,28)/b4-3-,7-6-,10-9-,13-12-,16-15-/t22-/m1/s1. The number of ether oxygens (including phenoxy) is 1. The summed E-state index contributed by atoms with van der Waals surface area (Å²) in [5, 5.41) is 9.41. The van der Waals surface area contributed by atoms with Crippen molar-refractivity contribution in [1.29, 1.82) is 0 Å². The quantitative estimate of drug-likeness (QED) is 0.116. The number of hydrogen-bond donors (Lipinski definition) is 3. The molecule has 0 radical (unpaired) electrons. The molecule has 0 aromatic carbocycles. The fraction of sp³-hybridized carbons (Fsp3) is 0.522. The van der Waals surface area contributed by atoms with Gasteiger partial charge in [-0.25, -0.2) is 4.57 Å². The van der Waals surface area contributed by atoms with Crippen molar-refractivity contribution < 1.29 is 33.5 Å². The molecule has 0 aromatic heterocycles. The summed E-state index contributed by atoms with van der Waals surface area (Å²) < 4.78 is 19.4. The first-order valence-electron chi connectivity index (χ1n) is 10.6. The second-order valence-corrected chi connectivity index (χ2v) is 7.96. The van der Waals surface area contributed by atoms with Gasteiger partial charge in [-0.05, 0) is 44.9 Å². The molecule has 0 bridgehead atoms. The van der Waals surface area contributed by atoms with Crippen molar-refractivity contribution in [2.75, 3.05) is 13.2 Å². The maximum absolute atomic E-state index is 11.5. The SMILES string of the molecule is CC/C=C\C/C=C\C/C=C\C/C=C\C/C=C\CCCC(=O)OC[C@@H](O)COP(=O)(O)O. The first kappa shape index (κ1) is 29.2. The predicted octanol–water partition coefficient (Wildman–Crippen LogP) is 4.92. The van der Waals surface area contributed by atoms with Gasteiger partial charge in [0.25, 0.3) is 0 Å². The van der Waals surface area contributed by atoms with Gasteiger partial charge in [-0.15, -0.1) is 0 Å². The van der Waals surface area contributed by atoms with Gasteiger partial charge in [-0.3, -0.25) is 9.32 Å². The largest absolute Gasteiger partial charge is 0.469 e. The Morgan fingerprint density at radius 3 is 1.81 bits per heavy atom. The lowest BCUT2D eigenvalue weighted by Gasteiger charge is -2.12.